The van der Waals surface area contributed by atoms with E-state index in [2.05, 4.69) is 20.2 Å². The molecule has 0 bridgehead atoms. The van der Waals surface area contributed by atoms with Crippen molar-refractivity contribution in [2.24, 2.45) is 7.05 Å². The second-order valence-electron chi connectivity index (χ2n) is 5.92. The molecule has 1 aliphatic rings. The van der Waals surface area contributed by atoms with E-state index in [1.54, 1.807) is 18.5 Å². The lowest BCUT2D eigenvalue weighted by Gasteiger charge is -2.13. The molecule has 3 rings (SSSR count). The molecule has 0 spiro atoms. The molecule has 1 fully saturated rings. The van der Waals surface area contributed by atoms with Gasteiger partial charge in [0, 0.05) is 18.7 Å². The van der Waals surface area contributed by atoms with E-state index in [-0.39, 0.29) is 16.8 Å². The van der Waals surface area contributed by atoms with E-state index >= 15 is 0 Å². The summed E-state index contributed by atoms with van der Waals surface area (Å²) in [6, 6.07) is 5.61. The molecule has 1 aromatic carbocycles. The maximum Gasteiger partial charge on any atom is 0.251 e. The van der Waals surface area contributed by atoms with Gasteiger partial charge in [0.1, 0.15) is 12.2 Å². The molecule has 2 N–H and O–H groups in total. The van der Waals surface area contributed by atoms with Crippen molar-refractivity contribution in [1.82, 2.24) is 24.8 Å². The van der Waals surface area contributed by atoms with Crippen molar-refractivity contribution in [1.29, 1.82) is 0 Å². The van der Waals surface area contributed by atoms with Crippen LogP contribution in [0.5, 0.6) is 0 Å². The fourth-order valence-corrected chi connectivity index (χ4v) is 3.52. The second kappa shape index (κ2) is 6.33. The molecule has 1 aliphatic carbocycles. The number of carbonyl (C=O) groups is 1. The van der Waals surface area contributed by atoms with Crippen molar-refractivity contribution < 1.29 is 13.2 Å². The second-order valence-corrected chi connectivity index (χ2v) is 7.63. The molecular formula is C15H19N5O3S. The SMILES string of the molecule is CC(NS(=O)(=O)c1ccc(C(=O)NC2CC2)cc1)c1nncn1C. The molecule has 0 aliphatic heterocycles. The molecule has 1 atom stereocenters. The average molecular weight is 349 g/mol. The summed E-state index contributed by atoms with van der Waals surface area (Å²) in [5.41, 5.74) is 0.446. The summed E-state index contributed by atoms with van der Waals surface area (Å²) >= 11 is 0. The van der Waals surface area contributed by atoms with E-state index in [4.69, 9.17) is 0 Å². The highest BCUT2D eigenvalue weighted by Crippen LogP contribution is 2.20. The van der Waals surface area contributed by atoms with Gasteiger partial charge in [-0.3, -0.25) is 4.79 Å². The van der Waals surface area contributed by atoms with Gasteiger partial charge in [-0.1, -0.05) is 0 Å². The van der Waals surface area contributed by atoms with Crippen LogP contribution >= 0.6 is 0 Å². The summed E-state index contributed by atoms with van der Waals surface area (Å²) < 4.78 is 29.1. The molecule has 1 unspecified atom stereocenters. The van der Waals surface area contributed by atoms with Gasteiger partial charge in [-0.25, -0.2) is 13.1 Å². The summed E-state index contributed by atoms with van der Waals surface area (Å²) in [4.78, 5) is 12.0. The number of nitrogens with one attached hydrogen (secondary N) is 2. The number of amides is 1. The third-order valence-corrected chi connectivity index (χ3v) is 5.36. The van der Waals surface area contributed by atoms with Crippen LogP contribution < -0.4 is 10.0 Å². The molecule has 0 saturated heterocycles. The predicted molar refractivity (Wildman–Crippen MR) is 86.7 cm³/mol. The quantitative estimate of drug-likeness (QED) is 0.800. The average Bonchev–Trinajstić information content (AvgIpc) is 3.24. The first kappa shape index (κ1) is 16.6. The first-order valence-corrected chi connectivity index (χ1v) is 9.12. The number of hydrogen-bond acceptors (Lipinski definition) is 5. The molecule has 1 heterocycles. The molecule has 24 heavy (non-hydrogen) atoms. The Labute approximate surface area is 140 Å². The Morgan fingerprint density at radius 3 is 2.50 bits per heavy atom. The minimum Gasteiger partial charge on any atom is -0.349 e. The Hall–Kier alpha value is -2.26. The Balaban J connectivity index is 1.72. The normalized spacial score (nSPS) is 15.9. The van der Waals surface area contributed by atoms with Crippen LogP contribution in [-0.2, 0) is 17.1 Å². The highest BCUT2D eigenvalue weighted by molar-refractivity contribution is 7.89. The molecule has 128 valence electrons. The van der Waals surface area contributed by atoms with Crippen LogP contribution in [0, 0.1) is 0 Å². The van der Waals surface area contributed by atoms with Crippen molar-refractivity contribution in [2.75, 3.05) is 0 Å². The monoisotopic (exact) mass is 349 g/mol. The predicted octanol–water partition coefficient (Wildman–Crippen LogP) is 0.747. The zero-order valence-corrected chi connectivity index (χ0v) is 14.2. The lowest BCUT2D eigenvalue weighted by Crippen LogP contribution is -2.29. The van der Waals surface area contributed by atoms with E-state index in [1.165, 1.54) is 30.6 Å². The zero-order valence-electron chi connectivity index (χ0n) is 13.4. The summed E-state index contributed by atoms with van der Waals surface area (Å²) in [5.74, 6) is 0.334. The van der Waals surface area contributed by atoms with Gasteiger partial charge in [0.2, 0.25) is 10.0 Å². The summed E-state index contributed by atoms with van der Waals surface area (Å²) in [7, 11) is -1.97. The first-order chi connectivity index (χ1) is 11.4. The van der Waals surface area contributed by atoms with Gasteiger partial charge in [0.15, 0.2) is 0 Å². The molecule has 0 radical (unpaired) electrons. The number of benzene rings is 1. The van der Waals surface area contributed by atoms with Gasteiger partial charge in [-0.2, -0.15) is 0 Å². The van der Waals surface area contributed by atoms with Crippen molar-refractivity contribution in [2.45, 2.75) is 36.7 Å². The van der Waals surface area contributed by atoms with Crippen molar-refractivity contribution in [3.8, 4) is 0 Å². The lowest BCUT2D eigenvalue weighted by molar-refractivity contribution is 0.0951. The lowest BCUT2D eigenvalue weighted by atomic mass is 10.2. The van der Waals surface area contributed by atoms with Crippen LogP contribution in [0.2, 0.25) is 0 Å². The van der Waals surface area contributed by atoms with Gasteiger partial charge in [-0.05, 0) is 44.0 Å². The Bertz CT molecular complexity index is 840. The largest absolute Gasteiger partial charge is 0.349 e. The number of aromatic nitrogens is 3. The van der Waals surface area contributed by atoms with Crippen molar-refractivity contribution >= 4 is 15.9 Å². The van der Waals surface area contributed by atoms with E-state index in [1.807, 2.05) is 0 Å². The molecule has 9 heteroatoms. The van der Waals surface area contributed by atoms with E-state index < -0.39 is 16.1 Å². The fraction of sp³-hybridized carbons (Fsp3) is 0.400. The van der Waals surface area contributed by atoms with Gasteiger partial charge in [0.05, 0.1) is 10.9 Å². The van der Waals surface area contributed by atoms with E-state index in [0.717, 1.165) is 12.8 Å². The number of aryl methyl sites for hydroxylation is 1. The van der Waals surface area contributed by atoms with Gasteiger partial charge >= 0.3 is 0 Å². The maximum atomic E-state index is 12.4. The number of sulfonamides is 1. The third kappa shape index (κ3) is 3.62. The molecular weight excluding hydrogens is 330 g/mol. The number of nitrogens with zero attached hydrogens (tertiary/aromatic N) is 3. The van der Waals surface area contributed by atoms with Crippen LogP contribution in [0.3, 0.4) is 0 Å². The topological polar surface area (TPSA) is 106 Å². The number of carbonyl (C=O) groups excluding carboxylic acids is 1. The van der Waals surface area contributed by atoms with Crippen molar-refractivity contribution in [3.05, 3.63) is 42.0 Å². The minimum absolute atomic E-state index is 0.0968. The van der Waals surface area contributed by atoms with Crippen LogP contribution in [0.1, 0.15) is 42.0 Å². The number of rotatable bonds is 6. The Morgan fingerprint density at radius 1 is 1.29 bits per heavy atom. The summed E-state index contributed by atoms with van der Waals surface area (Å²) in [5, 5.41) is 10.5. The fourth-order valence-electron chi connectivity index (χ4n) is 2.32. The van der Waals surface area contributed by atoms with Crippen LogP contribution in [0.15, 0.2) is 35.5 Å². The maximum absolute atomic E-state index is 12.4. The molecule has 8 nitrogen and oxygen atoms in total. The first-order valence-electron chi connectivity index (χ1n) is 7.64. The van der Waals surface area contributed by atoms with Gasteiger partial charge in [0.25, 0.3) is 5.91 Å². The standard InChI is InChI=1S/C15H19N5O3S/c1-10(14-18-16-9-20(14)2)19-24(22,23)13-7-3-11(4-8-13)15(21)17-12-5-6-12/h3-4,7-10,12,19H,5-6H2,1-2H3,(H,17,21). The molecule has 1 saturated carbocycles. The number of hydrogen-bond donors (Lipinski definition) is 2. The minimum atomic E-state index is -3.72. The van der Waals surface area contributed by atoms with Gasteiger partial charge in [-0.15, -0.1) is 10.2 Å². The summed E-state index contributed by atoms with van der Waals surface area (Å²) in [6.07, 6.45) is 3.51. The van der Waals surface area contributed by atoms with Crippen LogP contribution in [0.25, 0.3) is 0 Å². The van der Waals surface area contributed by atoms with E-state index in [9.17, 15) is 13.2 Å². The summed E-state index contributed by atoms with van der Waals surface area (Å²) in [6.45, 7) is 1.69. The Morgan fingerprint density at radius 2 is 1.96 bits per heavy atom. The molecule has 1 aromatic heterocycles. The molecule has 2 aromatic rings. The van der Waals surface area contributed by atoms with Crippen molar-refractivity contribution in [3.63, 3.8) is 0 Å². The molecule has 1 amide bonds. The van der Waals surface area contributed by atoms with Gasteiger partial charge < -0.3 is 9.88 Å². The third-order valence-electron chi connectivity index (χ3n) is 3.81. The Kier molecular flexibility index (Phi) is 4.37. The van der Waals surface area contributed by atoms with Crippen LogP contribution in [0.4, 0.5) is 0 Å². The highest BCUT2D eigenvalue weighted by atomic mass is 32.2. The zero-order chi connectivity index (χ0) is 17.3. The highest BCUT2D eigenvalue weighted by Gasteiger charge is 2.24. The van der Waals surface area contributed by atoms with Crippen LogP contribution in [-0.4, -0.2) is 35.1 Å². The van der Waals surface area contributed by atoms with E-state index in [0.29, 0.717) is 11.4 Å². The smallest absolute Gasteiger partial charge is 0.251 e.